The van der Waals surface area contributed by atoms with Gasteiger partial charge < -0.3 is 10.1 Å². The molecule has 0 aliphatic heterocycles. The fourth-order valence-corrected chi connectivity index (χ4v) is 1.69. The Morgan fingerprint density at radius 2 is 2.22 bits per heavy atom. The van der Waals surface area contributed by atoms with Gasteiger partial charge in [0.1, 0.15) is 11.5 Å². The summed E-state index contributed by atoms with van der Waals surface area (Å²) in [6.45, 7) is -0.651. The molecule has 1 amide bonds. The Morgan fingerprint density at radius 3 is 2.83 bits per heavy atom. The van der Waals surface area contributed by atoms with E-state index in [-0.39, 0.29) is 11.3 Å². The number of ether oxygens (including phenoxy) is 1. The van der Waals surface area contributed by atoms with Gasteiger partial charge in [-0.15, -0.1) is 0 Å². The number of hydrogen-bond acceptors (Lipinski definition) is 6. The van der Waals surface area contributed by atoms with Crippen LogP contribution in [-0.4, -0.2) is 33.2 Å². The molecule has 0 radical (unpaired) electrons. The van der Waals surface area contributed by atoms with Crippen LogP contribution in [0.1, 0.15) is 10.4 Å². The molecular formula is C13H11FN4O5. The molecule has 0 fully saturated rings. The molecule has 23 heavy (non-hydrogen) atoms. The van der Waals surface area contributed by atoms with E-state index in [0.717, 1.165) is 12.1 Å². The van der Waals surface area contributed by atoms with Crippen molar-refractivity contribution in [3.05, 3.63) is 52.1 Å². The summed E-state index contributed by atoms with van der Waals surface area (Å²) in [7, 11) is 1.61. The van der Waals surface area contributed by atoms with E-state index in [1.807, 2.05) is 0 Å². The Bertz CT molecular complexity index is 773. The molecule has 0 saturated carbocycles. The van der Waals surface area contributed by atoms with Crippen molar-refractivity contribution < 1.29 is 23.6 Å². The number of aromatic nitrogens is 2. The second-order valence-electron chi connectivity index (χ2n) is 4.45. The molecule has 2 aromatic rings. The molecule has 0 unspecified atom stereocenters. The van der Waals surface area contributed by atoms with Gasteiger partial charge in [-0.3, -0.25) is 19.6 Å². The van der Waals surface area contributed by atoms with E-state index >= 15 is 0 Å². The van der Waals surface area contributed by atoms with Crippen LogP contribution in [0.3, 0.4) is 0 Å². The minimum Gasteiger partial charge on any atom is -0.452 e. The summed E-state index contributed by atoms with van der Waals surface area (Å²) in [5.41, 5.74) is -0.635. The number of carbonyl (C=O) groups excluding carboxylic acids is 2. The van der Waals surface area contributed by atoms with Gasteiger partial charge in [-0.1, -0.05) is 0 Å². The minimum absolute atomic E-state index is 0.160. The molecule has 0 bridgehead atoms. The standard InChI is InChI=1S/C13H11FN4O5/c1-17-6-8(5-15-17)13(20)23-7-12(19)16-10-3-2-9(14)4-11(10)18(21)22/h2-6H,7H2,1H3,(H,16,19). The predicted octanol–water partition coefficient (Wildman–Crippen LogP) is 1.26. The normalized spacial score (nSPS) is 10.2. The molecule has 9 nitrogen and oxygen atoms in total. The topological polar surface area (TPSA) is 116 Å². The number of carbonyl (C=O) groups is 2. The van der Waals surface area contributed by atoms with Crippen LogP contribution < -0.4 is 5.32 Å². The number of nitrogens with zero attached hydrogens (tertiary/aromatic N) is 3. The number of anilines is 1. The number of aryl methyl sites for hydroxylation is 1. The minimum atomic E-state index is -0.833. The van der Waals surface area contributed by atoms with Crippen molar-refractivity contribution in [2.45, 2.75) is 0 Å². The van der Waals surface area contributed by atoms with Gasteiger partial charge in [0.05, 0.1) is 22.7 Å². The van der Waals surface area contributed by atoms with Gasteiger partial charge >= 0.3 is 5.97 Å². The first-order valence-corrected chi connectivity index (χ1v) is 6.26. The molecular weight excluding hydrogens is 311 g/mol. The second-order valence-corrected chi connectivity index (χ2v) is 4.45. The van der Waals surface area contributed by atoms with Gasteiger partial charge in [0.15, 0.2) is 6.61 Å². The average molecular weight is 322 g/mol. The maximum absolute atomic E-state index is 13.0. The summed E-state index contributed by atoms with van der Waals surface area (Å²) in [6.07, 6.45) is 2.68. The third-order valence-corrected chi connectivity index (χ3v) is 2.71. The van der Waals surface area contributed by atoms with Gasteiger partial charge in [-0.25, -0.2) is 9.18 Å². The zero-order valence-electron chi connectivity index (χ0n) is 11.9. The molecule has 0 saturated heterocycles. The molecule has 0 aliphatic rings. The SMILES string of the molecule is Cn1cc(C(=O)OCC(=O)Nc2ccc(F)cc2[N+](=O)[O-])cn1. The number of amides is 1. The number of benzene rings is 1. The molecule has 1 aromatic heterocycles. The maximum atomic E-state index is 13.0. The molecule has 1 N–H and O–H groups in total. The van der Waals surface area contributed by atoms with E-state index in [9.17, 15) is 24.1 Å². The zero-order valence-corrected chi connectivity index (χ0v) is 11.9. The van der Waals surface area contributed by atoms with Crippen LogP contribution in [-0.2, 0) is 16.6 Å². The lowest BCUT2D eigenvalue weighted by Gasteiger charge is -2.06. The van der Waals surface area contributed by atoms with Crippen LogP contribution in [0.2, 0.25) is 0 Å². The highest BCUT2D eigenvalue weighted by Gasteiger charge is 2.18. The lowest BCUT2D eigenvalue weighted by molar-refractivity contribution is -0.384. The first-order chi connectivity index (χ1) is 10.9. The number of halogens is 1. The van der Waals surface area contributed by atoms with Gasteiger partial charge in [0, 0.05) is 13.2 Å². The number of rotatable bonds is 5. The van der Waals surface area contributed by atoms with E-state index in [2.05, 4.69) is 10.4 Å². The summed E-state index contributed by atoms with van der Waals surface area (Å²) in [5.74, 6) is -2.36. The Balaban J connectivity index is 1.97. The molecule has 1 heterocycles. The zero-order chi connectivity index (χ0) is 17.0. The third kappa shape index (κ3) is 4.09. The maximum Gasteiger partial charge on any atom is 0.341 e. The first kappa shape index (κ1) is 16.1. The van der Waals surface area contributed by atoms with Crippen LogP contribution in [0.25, 0.3) is 0 Å². The quantitative estimate of drug-likeness (QED) is 0.503. The number of esters is 1. The van der Waals surface area contributed by atoms with Crippen LogP contribution in [0.4, 0.5) is 15.8 Å². The summed E-state index contributed by atoms with van der Waals surface area (Å²) in [6, 6.07) is 2.69. The van der Waals surface area contributed by atoms with Crippen molar-refractivity contribution in [2.75, 3.05) is 11.9 Å². The number of nitro groups is 1. The Labute approximate surface area is 128 Å². The van der Waals surface area contributed by atoms with E-state index in [4.69, 9.17) is 4.74 Å². The molecule has 1 aromatic carbocycles. The first-order valence-electron chi connectivity index (χ1n) is 6.26. The van der Waals surface area contributed by atoms with E-state index in [1.165, 1.54) is 17.1 Å². The Hall–Kier alpha value is -3.30. The number of hydrogen-bond donors (Lipinski definition) is 1. The molecule has 10 heteroatoms. The second kappa shape index (κ2) is 6.64. The largest absolute Gasteiger partial charge is 0.452 e. The van der Waals surface area contributed by atoms with Crippen molar-refractivity contribution in [2.24, 2.45) is 7.05 Å². The number of nitro benzene ring substituents is 1. The fourth-order valence-electron chi connectivity index (χ4n) is 1.69. The lowest BCUT2D eigenvalue weighted by atomic mass is 10.2. The smallest absolute Gasteiger partial charge is 0.341 e. The summed E-state index contributed by atoms with van der Waals surface area (Å²) in [4.78, 5) is 33.3. The monoisotopic (exact) mass is 322 g/mol. The molecule has 120 valence electrons. The van der Waals surface area contributed by atoms with Crippen LogP contribution >= 0.6 is 0 Å². The highest BCUT2D eigenvalue weighted by atomic mass is 19.1. The fraction of sp³-hybridized carbons (Fsp3) is 0.154. The highest BCUT2D eigenvalue weighted by Crippen LogP contribution is 2.24. The predicted molar refractivity (Wildman–Crippen MR) is 75.2 cm³/mol. The van der Waals surface area contributed by atoms with E-state index in [1.54, 1.807) is 7.05 Å². The lowest BCUT2D eigenvalue weighted by Crippen LogP contribution is -2.21. The van der Waals surface area contributed by atoms with Crippen molar-refractivity contribution >= 4 is 23.3 Å². The van der Waals surface area contributed by atoms with Crippen molar-refractivity contribution in [1.29, 1.82) is 0 Å². The molecule has 0 atom stereocenters. The van der Waals surface area contributed by atoms with Crippen molar-refractivity contribution in [1.82, 2.24) is 9.78 Å². The van der Waals surface area contributed by atoms with Crippen LogP contribution in [0.5, 0.6) is 0 Å². The van der Waals surface area contributed by atoms with Gasteiger partial charge in [-0.2, -0.15) is 5.10 Å². The molecule has 2 rings (SSSR count). The van der Waals surface area contributed by atoms with E-state index < -0.39 is 34.9 Å². The van der Waals surface area contributed by atoms with Gasteiger partial charge in [-0.05, 0) is 12.1 Å². The van der Waals surface area contributed by atoms with Crippen molar-refractivity contribution in [3.63, 3.8) is 0 Å². The van der Waals surface area contributed by atoms with E-state index in [0.29, 0.717) is 6.07 Å². The summed E-state index contributed by atoms with van der Waals surface area (Å²) >= 11 is 0. The van der Waals surface area contributed by atoms with Crippen molar-refractivity contribution in [3.8, 4) is 0 Å². The third-order valence-electron chi connectivity index (χ3n) is 2.71. The Morgan fingerprint density at radius 1 is 1.48 bits per heavy atom. The average Bonchev–Trinajstić information content (AvgIpc) is 2.93. The number of nitrogens with one attached hydrogen (secondary N) is 1. The highest BCUT2D eigenvalue weighted by molar-refractivity contribution is 5.96. The van der Waals surface area contributed by atoms with Crippen LogP contribution in [0, 0.1) is 15.9 Å². The summed E-state index contributed by atoms with van der Waals surface area (Å²) in [5, 5.41) is 16.8. The van der Waals surface area contributed by atoms with Gasteiger partial charge in [0.2, 0.25) is 0 Å². The molecule has 0 aliphatic carbocycles. The van der Waals surface area contributed by atoms with Gasteiger partial charge in [0.25, 0.3) is 11.6 Å². The molecule has 0 spiro atoms. The Kier molecular flexibility index (Phi) is 4.64. The van der Waals surface area contributed by atoms with Crippen LogP contribution in [0.15, 0.2) is 30.6 Å². The summed E-state index contributed by atoms with van der Waals surface area (Å²) < 4.78 is 19.1.